The van der Waals surface area contributed by atoms with E-state index in [0.717, 1.165) is 25.7 Å². The summed E-state index contributed by atoms with van der Waals surface area (Å²) >= 11 is 0. The third-order valence-corrected chi connectivity index (χ3v) is 6.60. The van der Waals surface area contributed by atoms with Gasteiger partial charge in [0.2, 0.25) is 11.8 Å². The minimum absolute atomic E-state index is 0.00814. The van der Waals surface area contributed by atoms with Crippen LogP contribution in [-0.4, -0.2) is 79.1 Å². The molecule has 3 heterocycles. The second-order valence-electron chi connectivity index (χ2n) is 6.00. The first-order chi connectivity index (χ1) is 10.5. The zero-order valence-corrected chi connectivity index (χ0v) is 13.3. The molecule has 0 saturated carbocycles. The van der Waals surface area contributed by atoms with E-state index < -0.39 is 16.3 Å². The molecule has 0 unspecified atom stereocenters. The van der Waals surface area contributed by atoms with Crippen LogP contribution in [0.4, 0.5) is 0 Å². The van der Waals surface area contributed by atoms with Crippen molar-refractivity contribution in [3.8, 4) is 0 Å². The normalized spacial score (nSPS) is 28.9. The Morgan fingerprint density at radius 2 is 1.59 bits per heavy atom. The van der Waals surface area contributed by atoms with Crippen LogP contribution in [0.25, 0.3) is 0 Å². The number of fused-ring (bicyclic) bond motifs is 1. The van der Waals surface area contributed by atoms with Crippen molar-refractivity contribution >= 4 is 22.0 Å². The second kappa shape index (κ2) is 6.13. The molecule has 0 aromatic rings. The topological polar surface area (TPSA) is 90.0 Å². The molecule has 0 aliphatic carbocycles. The number of amides is 2. The summed E-state index contributed by atoms with van der Waals surface area (Å²) < 4.78 is 28.4. The zero-order valence-electron chi connectivity index (χ0n) is 12.5. The Bertz CT molecular complexity index is 556. The molecule has 124 valence electrons. The average molecular weight is 330 g/mol. The molecule has 2 amide bonds. The van der Waals surface area contributed by atoms with Crippen molar-refractivity contribution < 1.29 is 18.0 Å². The van der Waals surface area contributed by atoms with Crippen molar-refractivity contribution in [2.75, 3.05) is 39.3 Å². The summed E-state index contributed by atoms with van der Waals surface area (Å²) in [4.78, 5) is 25.2. The van der Waals surface area contributed by atoms with Crippen LogP contribution in [-0.2, 0) is 19.8 Å². The van der Waals surface area contributed by atoms with Gasteiger partial charge in [-0.15, -0.1) is 0 Å². The summed E-state index contributed by atoms with van der Waals surface area (Å²) in [6.45, 7) is 1.68. The van der Waals surface area contributed by atoms with Crippen LogP contribution in [0.2, 0.25) is 0 Å². The van der Waals surface area contributed by atoms with Gasteiger partial charge >= 0.3 is 0 Å². The second-order valence-corrected chi connectivity index (χ2v) is 7.93. The standard InChI is InChI=1S/C13H22N4O4S/c18-12-9-14-13(19)11-10-16(7-8-17(11)12)22(20,21)15-5-3-1-2-4-6-15/h11H,1-10H2,(H,14,19)/t11-/m1/s1. The number of nitrogens with zero attached hydrogens (tertiary/aromatic N) is 3. The number of piperazine rings is 2. The van der Waals surface area contributed by atoms with Gasteiger partial charge in [-0.2, -0.15) is 17.0 Å². The quantitative estimate of drug-likeness (QED) is 0.685. The summed E-state index contributed by atoms with van der Waals surface area (Å²) in [5.74, 6) is -0.410. The number of carbonyl (C=O) groups excluding carboxylic acids is 2. The van der Waals surface area contributed by atoms with Crippen LogP contribution in [0.3, 0.4) is 0 Å². The van der Waals surface area contributed by atoms with Gasteiger partial charge in [-0.1, -0.05) is 12.8 Å². The highest BCUT2D eigenvalue weighted by Crippen LogP contribution is 2.21. The SMILES string of the molecule is O=C1NCC(=O)N2CCN(S(=O)(=O)N3CCCCCC3)C[C@H]12. The lowest BCUT2D eigenvalue weighted by Crippen LogP contribution is -2.67. The van der Waals surface area contributed by atoms with Crippen molar-refractivity contribution in [2.24, 2.45) is 0 Å². The van der Waals surface area contributed by atoms with Crippen molar-refractivity contribution in [1.29, 1.82) is 0 Å². The number of carbonyl (C=O) groups is 2. The van der Waals surface area contributed by atoms with Gasteiger partial charge in [-0.3, -0.25) is 9.59 Å². The summed E-state index contributed by atoms with van der Waals surface area (Å²) in [5, 5.41) is 2.53. The maximum absolute atomic E-state index is 12.8. The molecular weight excluding hydrogens is 308 g/mol. The van der Waals surface area contributed by atoms with Crippen molar-refractivity contribution in [1.82, 2.24) is 18.8 Å². The number of hydrogen-bond acceptors (Lipinski definition) is 4. The predicted molar refractivity (Wildman–Crippen MR) is 79.0 cm³/mol. The fourth-order valence-corrected chi connectivity index (χ4v) is 5.00. The first-order valence-electron chi connectivity index (χ1n) is 7.82. The summed E-state index contributed by atoms with van der Waals surface area (Å²) in [6.07, 6.45) is 3.86. The predicted octanol–water partition coefficient (Wildman–Crippen LogP) is -1.25. The third kappa shape index (κ3) is 2.84. The Hall–Kier alpha value is -1.19. The summed E-state index contributed by atoms with van der Waals surface area (Å²) in [6, 6.07) is -0.697. The highest BCUT2D eigenvalue weighted by atomic mass is 32.2. The van der Waals surface area contributed by atoms with Crippen molar-refractivity contribution in [2.45, 2.75) is 31.7 Å². The van der Waals surface area contributed by atoms with Crippen LogP contribution >= 0.6 is 0 Å². The van der Waals surface area contributed by atoms with E-state index in [1.807, 2.05) is 0 Å². The molecule has 8 nitrogen and oxygen atoms in total. The van der Waals surface area contributed by atoms with Gasteiger partial charge in [0.25, 0.3) is 10.2 Å². The fraction of sp³-hybridized carbons (Fsp3) is 0.846. The number of hydrogen-bond donors (Lipinski definition) is 1. The highest BCUT2D eigenvalue weighted by molar-refractivity contribution is 7.86. The van der Waals surface area contributed by atoms with E-state index in [-0.39, 0.29) is 38.0 Å². The van der Waals surface area contributed by atoms with Gasteiger partial charge in [0.15, 0.2) is 0 Å². The van der Waals surface area contributed by atoms with Crippen LogP contribution in [0.5, 0.6) is 0 Å². The molecular formula is C13H22N4O4S. The van der Waals surface area contributed by atoms with Crippen LogP contribution < -0.4 is 5.32 Å². The van der Waals surface area contributed by atoms with Gasteiger partial charge < -0.3 is 10.2 Å². The van der Waals surface area contributed by atoms with Crippen molar-refractivity contribution in [3.05, 3.63) is 0 Å². The van der Waals surface area contributed by atoms with Gasteiger partial charge in [0, 0.05) is 32.7 Å². The molecule has 3 aliphatic rings. The molecule has 1 N–H and O–H groups in total. The summed E-state index contributed by atoms with van der Waals surface area (Å²) in [5.41, 5.74) is 0. The van der Waals surface area contributed by atoms with E-state index in [4.69, 9.17) is 0 Å². The molecule has 9 heteroatoms. The largest absolute Gasteiger partial charge is 0.345 e. The Morgan fingerprint density at radius 3 is 2.27 bits per heavy atom. The minimum atomic E-state index is -3.55. The average Bonchev–Trinajstić information content (AvgIpc) is 2.80. The number of nitrogens with one attached hydrogen (secondary N) is 1. The maximum atomic E-state index is 12.8. The molecule has 0 bridgehead atoms. The van der Waals surface area contributed by atoms with E-state index in [2.05, 4.69) is 5.32 Å². The maximum Gasteiger partial charge on any atom is 0.282 e. The highest BCUT2D eigenvalue weighted by Gasteiger charge is 2.43. The van der Waals surface area contributed by atoms with Crippen molar-refractivity contribution in [3.63, 3.8) is 0 Å². The minimum Gasteiger partial charge on any atom is -0.345 e. The lowest BCUT2D eigenvalue weighted by Gasteiger charge is -2.43. The Morgan fingerprint density at radius 1 is 0.909 bits per heavy atom. The van der Waals surface area contributed by atoms with E-state index in [0.29, 0.717) is 13.1 Å². The van der Waals surface area contributed by atoms with E-state index in [9.17, 15) is 18.0 Å². The molecule has 0 aromatic carbocycles. The van der Waals surface area contributed by atoms with E-state index in [1.165, 1.54) is 13.5 Å². The zero-order chi connectivity index (χ0) is 15.7. The monoisotopic (exact) mass is 330 g/mol. The van der Waals surface area contributed by atoms with Crippen LogP contribution in [0, 0.1) is 0 Å². The lowest BCUT2D eigenvalue weighted by atomic mass is 10.1. The Balaban J connectivity index is 1.75. The van der Waals surface area contributed by atoms with Gasteiger partial charge in [-0.05, 0) is 12.8 Å². The van der Waals surface area contributed by atoms with Gasteiger partial charge in [0.1, 0.15) is 6.04 Å². The molecule has 0 aromatic heterocycles. The lowest BCUT2D eigenvalue weighted by molar-refractivity contribution is -0.147. The molecule has 3 saturated heterocycles. The summed E-state index contributed by atoms with van der Waals surface area (Å²) in [7, 11) is -3.55. The van der Waals surface area contributed by atoms with E-state index in [1.54, 1.807) is 0 Å². The molecule has 22 heavy (non-hydrogen) atoms. The first kappa shape index (κ1) is 15.7. The Kier molecular flexibility index (Phi) is 4.37. The first-order valence-corrected chi connectivity index (χ1v) is 9.22. The Labute approximate surface area is 130 Å². The molecule has 3 rings (SSSR count). The molecule has 3 aliphatic heterocycles. The molecule has 0 radical (unpaired) electrons. The van der Waals surface area contributed by atoms with Crippen LogP contribution in [0.15, 0.2) is 0 Å². The third-order valence-electron chi connectivity index (χ3n) is 4.60. The molecule has 1 atom stereocenters. The van der Waals surface area contributed by atoms with Crippen LogP contribution in [0.1, 0.15) is 25.7 Å². The molecule has 3 fully saturated rings. The number of rotatable bonds is 2. The van der Waals surface area contributed by atoms with Gasteiger partial charge in [0.05, 0.1) is 6.54 Å². The fourth-order valence-electron chi connectivity index (χ4n) is 3.31. The smallest absolute Gasteiger partial charge is 0.282 e. The van der Waals surface area contributed by atoms with Gasteiger partial charge in [-0.25, -0.2) is 0 Å². The molecule has 0 spiro atoms. The van der Waals surface area contributed by atoms with E-state index >= 15 is 0 Å².